The normalized spacial score (nSPS) is 11.7. The van der Waals surface area contributed by atoms with E-state index in [1.807, 2.05) is 19.1 Å². The van der Waals surface area contributed by atoms with Crippen molar-refractivity contribution in [2.24, 2.45) is 5.73 Å². The molecule has 4 nitrogen and oxygen atoms in total. The van der Waals surface area contributed by atoms with Crippen molar-refractivity contribution in [2.75, 3.05) is 10.6 Å². The second kappa shape index (κ2) is 6.74. The minimum absolute atomic E-state index is 0.0643. The highest BCUT2D eigenvalue weighted by Crippen LogP contribution is 2.24. The number of hydrogen-bond donors (Lipinski definition) is 3. The summed E-state index contributed by atoms with van der Waals surface area (Å²) in [4.78, 5) is 10.9. The van der Waals surface area contributed by atoms with Crippen molar-refractivity contribution in [3.05, 3.63) is 59.9 Å². The number of rotatable bonds is 5. The van der Waals surface area contributed by atoms with Gasteiger partial charge in [-0.25, -0.2) is 9.18 Å². The fourth-order valence-electron chi connectivity index (χ4n) is 2.15. The van der Waals surface area contributed by atoms with Crippen molar-refractivity contribution in [3.8, 4) is 0 Å². The summed E-state index contributed by atoms with van der Waals surface area (Å²) >= 11 is 0. The Balaban J connectivity index is 2.14. The van der Waals surface area contributed by atoms with Crippen LogP contribution < -0.4 is 16.4 Å². The number of carbonyl (C=O) groups is 1. The van der Waals surface area contributed by atoms with Crippen molar-refractivity contribution < 1.29 is 9.18 Å². The van der Waals surface area contributed by atoms with Crippen LogP contribution in [0.5, 0.6) is 0 Å². The Morgan fingerprint density at radius 1 is 1.19 bits per heavy atom. The summed E-state index contributed by atoms with van der Waals surface area (Å²) in [5.74, 6) is -0.249. The van der Waals surface area contributed by atoms with E-state index in [2.05, 4.69) is 10.6 Å². The van der Waals surface area contributed by atoms with Gasteiger partial charge in [-0.2, -0.15) is 0 Å². The Morgan fingerprint density at radius 2 is 1.86 bits per heavy atom. The van der Waals surface area contributed by atoms with Gasteiger partial charge in [-0.05, 0) is 42.3 Å². The first-order valence-corrected chi connectivity index (χ1v) is 6.77. The van der Waals surface area contributed by atoms with E-state index < -0.39 is 6.03 Å². The molecule has 2 rings (SSSR count). The topological polar surface area (TPSA) is 67.2 Å². The Labute approximate surface area is 123 Å². The highest BCUT2D eigenvalue weighted by atomic mass is 19.1. The van der Waals surface area contributed by atoms with Crippen molar-refractivity contribution in [3.63, 3.8) is 0 Å². The average molecular weight is 287 g/mol. The van der Waals surface area contributed by atoms with E-state index in [-0.39, 0.29) is 11.9 Å². The highest BCUT2D eigenvalue weighted by molar-refractivity contribution is 5.88. The highest BCUT2D eigenvalue weighted by Gasteiger charge is 2.09. The molecule has 1 atom stereocenters. The number of halogens is 1. The van der Waals surface area contributed by atoms with Crippen molar-refractivity contribution in [1.82, 2.24) is 0 Å². The molecule has 0 aliphatic carbocycles. The summed E-state index contributed by atoms with van der Waals surface area (Å²) in [6.45, 7) is 2.05. The number of anilines is 2. The van der Waals surface area contributed by atoms with Gasteiger partial charge in [0.05, 0.1) is 6.04 Å². The van der Waals surface area contributed by atoms with Crippen LogP contribution in [-0.4, -0.2) is 6.03 Å². The molecular formula is C16H18FN3O. The number of primary amides is 1. The van der Waals surface area contributed by atoms with Gasteiger partial charge in [0.25, 0.3) is 0 Å². The molecule has 4 N–H and O–H groups in total. The lowest BCUT2D eigenvalue weighted by Gasteiger charge is -2.19. The molecule has 0 aliphatic heterocycles. The zero-order valence-electron chi connectivity index (χ0n) is 11.8. The standard InChI is InChI=1S/C16H18FN3O/c1-2-15(11-6-8-12(17)9-7-11)19-13-4-3-5-14(10-13)20-16(18)21/h3-10,15,19H,2H2,1H3,(H3,18,20,21). The lowest BCUT2D eigenvalue weighted by molar-refractivity contribution is 0.259. The molecule has 0 aliphatic rings. The molecular weight excluding hydrogens is 269 g/mol. The molecule has 1 unspecified atom stereocenters. The Bertz CT molecular complexity index is 613. The number of benzene rings is 2. The SMILES string of the molecule is CCC(Nc1cccc(NC(N)=O)c1)c1ccc(F)cc1. The van der Waals surface area contributed by atoms with Crippen LogP contribution in [0.4, 0.5) is 20.6 Å². The summed E-state index contributed by atoms with van der Waals surface area (Å²) in [5, 5.41) is 5.90. The summed E-state index contributed by atoms with van der Waals surface area (Å²) in [7, 11) is 0. The van der Waals surface area contributed by atoms with Crippen LogP contribution in [0.3, 0.4) is 0 Å². The maximum atomic E-state index is 13.0. The van der Waals surface area contributed by atoms with Gasteiger partial charge >= 0.3 is 6.03 Å². The van der Waals surface area contributed by atoms with Gasteiger partial charge in [-0.15, -0.1) is 0 Å². The van der Waals surface area contributed by atoms with E-state index in [0.29, 0.717) is 5.69 Å². The predicted octanol–water partition coefficient (Wildman–Crippen LogP) is 3.88. The van der Waals surface area contributed by atoms with Gasteiger partial charge in [0.15, 0.2) is 0 Å². The predicted molar refractivity (Wildman–Crippen MR) is 82.7 cm³/mol. The first-order valence-electron chi connectivity index (χ1n) is 6.77. The molecule has 0 fully saturated rings. The smallest absolute Gasteiger partial charge is 0.316 e. The molecule has 0 spiro atoms. The lowest BCUT2D eigenvalue weighted by Crippen LogP contribution is -2.19. The maximum absolute atomic E-state index is 13.0. The second-order valence-electron chi connectivity index (χ2n) is 4.73. The number of urea groups is 1. The molecule has 5 heteroatoms. The van der Waals surface area contributed by atoms with Gasteiger partial charge in [-0.3, -0.25) is 0 Å². The molecule has 0 bridgehead atoms. The quantitative estimate of drug-likeness (QED) is 0.781. The van der Waals surface area contributed by atoms with Gasteiger partial charge in [0, 0.05) is 11.4 Å². The van der Waals surface area contributed by atoms with Gasteiger partial charge in [0.1, 0.15) is 5.82 Å². The monoisotopic (exact) mass is 287 g/mol. The van der Waals surface area contributed by atoms with Crippen LogP contribution in [0.15, 0.2) is 48.5 Å². The molecule has 110 valence electrons. The van der Waals surface area contributed by atoms with Crippen LogP contribution >= 0.6 is 0 Å². The van der Waals surface area contributed by atoms with Crippen LogP contribution in [0.1, 0.15) is 24.9 Å². The third-order valence-corrected chi connectivity index (χ3v) is 3.15. The molecule has 0 radical (unpaired) electrons. The Hall–Kier alpha value is -2.56. The van der Waals surface area contributed by atoms with E-state index in [1.54, 1.807) is 24.3 Å². The Morgan fingerprint density at radius 3 is 2.48 bits per heavy atom. The molecule has 2 amide bonds. The average Bonchev–Trinajstić information content (AvgIpc) is 2.45. The third-order valence-electron chi connectivity index (χ3n) is 3.15. The van der Waals surface area contributed by atoms with Gasteiger partial charge in [0.2, 0.25) is 0 Å². The minimum Gasteiger partial charge on any atom is -0.378 e. The van der Waals surface area contributed by atoms with Gasteiger partial charge in [-0.1, -0.05) is 25.1 Å². The van der Waals surface area contributed by atoms with E-state index in [4.69, 9.17) is 5.73 Å². The first-order chi connectivity index (χ1) is 10.1. The molecule has 21 heavy (non-hydrogen) atoms. The van der Waals surface area contributed by atoms with Crippen LogP contribution in [0.25, 0.3) is 0 Å². The van der Waals surface area contributed by atoms with E-state index in [1.165, 1.54) is 12.1 Å². The second-order valence-corrected chi connectivity index (χ2v) is 4.73. The zero-order valence-corrected chi connectivity index (χ0v) is 11.8. The number of carbonyl (C=O) groups excluding carboxylic acids is 1. The van der Waals surface area contributed by atoms with E-state index in [9.17, 15) is 9.18 Å². The number of amides is 2. The van der Waals surface area contributed by atoms with E-state index in [0.717, 1.165) is 17.7 Å². The minimum atomic E-state index is -0.599. The fourth-order valence-corrected chi connectivity index (χ4v) is 2.15. The number of nitrogens with one attached hydrogen (secondary N) is 2. The summed E-state index contributed by atoms with van der Waals surface area (Å²) in [6, 6.07) is 13.2. The largest absolute Gasteiger partial charge is 0.378 e. The molecule has 0 saturated heterocycles. The van der Waals surface area contributed by atoms with Crippen molar-refractivity contribution in [2.45, 2.75) is 19.4 Å². The number of hydrogen-bond acceptors (Lipinski definition) is 2. The zero-order chi connectivity index (χ0) is 15.2. The Kier molecular flexibility index (Phi) is 4.77. The maximum Gasteiger partial charge on any atom is 0.316 e. The molecule has 0 saturated carbocycles. The summed E-state index contributed by atoms with van der Waals surface area (Å²) in [5.41, 5.74) is 7.59. The number of nitrogens with two attached hydrogens (primary N) is 1. The third kappa shape index (κ3) is 4.21. The summed E-state index contributed by atoms with van der Waals surface area (Å²) < 4.78 is 13.0. The van der Waals surface area contributed by atoms with Gasteiger partial charge < -0.3 is 16.4 Å². The van der Waals surface area contributed by atoms with E-state index >= 15 is 0 Å². The fraction of sp³-hybridized carbons (Fsp3) is 0.188. The lowest BCUT2D eigenvalue weighted by atomic mass is 10.0. The van der Waals surface area contributed by atoms with Crippen molar-refractivity contribution >= 4 is 17.4 Å². The molecule has 2 aromatic rings. The molecule has 2 aromatic carbocycles. The summed E-state index contributed by atoms with van der Waals surface area (Å²) in [6.07, 6.45) is 0.846. The van der Waals surface area contributed by atoms with Crippen LogP contribution in [0.2, 0.25) is 0 Å². The van der Waals surface area contributed by atoms with Crippen LogP contribution in [0, 0.1) is 5.82 Å². The molecule has 0 aromatic heterocycles. The van der Waals surface area contributed by atoms with Crippen LogP contribution in [-0.2, 0) is 0 Å². The first kappa shape index (κ1) is 14.8. The van der Waals surface area contributed by atoms with Crippen molar-refractivity contribution in [1.29, 1.82) is 0 Å². The molecule has 0 heterocycles.